The SMILES string of the molecule is Cc1sc2nc([C@@H]3CCCN(C(=O)Cc4ccc(F)cc4)C3)[nH]c(=O)c2c1C. The number of H-pyrrole nitrogens is 1. The monoisotopic (exact) mass is 399 g/mol. The number of benzene rings is 1. The number of thiophene rings is 1. The normalized spacial score (nSPS) is 17.2. The van der Waals surface area contributed by atoms with E-state index in [-0.39, 0.29) is 29.6 Å². The zero-order valence-corrected chi connectivity index (χ0v) is 16.7. The molecule has 0 aliphatic carbocycles. The smallest absolute Gasteiger partial charge is 0.259 e. The molecule has 1 saturated heterocycles. The standard InChI is InChI=1S/C21H22FN3O2S/c1-12-13(2)28-21-18(12)20(27)23-19(24-21)15-4-3-9-25(11-15)17(26)10-14-5-7-16(22)8-6-14/h5-8,15H,3-4,9-11H2,1-2H3,(H,23,24,27)/t15-/m1/s1. The highest BCUT2D eigenvalue weighted by Gasteiger charge is 2.27. The van der Waals surface area contributed by atoms with Crippen molar-refractivity contribution in [3.63, 3.8) is 0 Å². The molecule has 4 rings (SSSR count). The Morgan fingerprint density at radius 2 is 2.07 bits per heavy atom. The second kappa shape index (κ2) is 7.47. The van der Waals surface area contributed by atoms with Gasteiger partial charge in [0.15, 0.2) is 0 Å². The van der Waals surface area contributed by atoms with Crippen molar-refractivity contribution in [2.45, 2.75) is 39.0 Å². The second-order valence-corrected chi connectivity index (χ2v) is 8.60. The van der Waals surface area contributed by atoms with Crippen LogP contribution >= 0.6 is 11.3 Å². The maximum Gasteiger partial charge on any atom is 0.259 e. The first-order chi connectivity index (χ1) is 13.4. The highest BCUT2D eigenvalue weighted by molar-refractivity contribution is 7.18. The molecule has 0 saturated carbocycles. The highest BCUT2D eigenvalue weighted by Crippen LogP contribution is 2.29. The summed E-state index contributed by atoms with van der Waals surface area (Å²) in [6, 6.07) is 6.03. The Labute approximate surface area is 166 Å². The zero-order valence-electron chi connectivity index (χ0n) is 15.9. The lowest BCUT2D eigenvalue weighted by Crippen LogP contribution is -2.40. The summed E-state index contributed by atoms with van der Waals surface area (Å²) >= 11 is 1.54. The molecule has 1 amide bonds. The van der Waals surface area contributed by atoms with Crippen molar-refractivity contribution >= 4 is 27.5 Å². The molecule has 1 aromatic carbocycles. The van der Waals surface area contributed by atoms with Gasteiger partial charge in [-0.1, -0.05) is 12.1 Å². The van der Waals surface area contributed by atoms with E-state index in [1.54, 1.807) is 12.1 Å². The van der Waals surface area contributed by atoms with Gasteiger partial charge in [0.2, 0.25) is 5.91 Å². The minimum absolute atomic E-state index is 0.0162. The molecule has 2 aromatic heterocycles. The Bertz CT molecular complexity index is 1090. The molecule has 7 heteroatoms. The molecule has 1 aliphatic heterocycles. The number of aryl methyl sites for hydroxylation is 2. The summed E-state index contributed by atoms with van der Waals surface area (Å²) in [4.78, 5) is 36.6. The summed E-state index contributed by atoms with van der Waals surface area (Å²) in [5.74, 6) is 0.394. The van der Waals surface area contributed by atoms with Gasteiger partial charge in [-0.15, -0.1) is 11.3 Å². The van der Waals surface area contributed by atoms with E-state index in [1.165, 1.54) is 23.5 Å². The fourth-order valence-electron chi connectivity index (χ4n) is 3.78. The molecule has 0 bridgehead atoms. The summed E-state index contributed by atoms with van der Waals surface area (Å²) < 4.78 is 13.1. The largest absolute Gasteiger partial charge is 0.342 e. The Hall–Kier alpha value is -2.54. The first-order valence-electron chi connectivity index (χ1n) is 9.44. The molecular weight excluding hydrogens is 377 g/mol. The first kappa shape index (κ1) is 18.8. The molecule has 0 spiro atoms. The van der Waals surface area contributed by atoms with Crippen LogP contribution in [0.1, 0.15) is 40.6 Å². The van der Waals surface area contributed by atoms with Crippen LogP contribution in [0.15, 0.2) is 29.1 Å². The second-order valence-electron chi connectivity index (χ2n) is 7.40. The maximum absolute atomic E-state index is 13.1. The number of halogens is 1. The number of piperidine rings is 1. The number of hydrogen-bond donors (Lipinski definition) is 1. The van der Waals surface area contributed by atoms with Gasteiger partial charge in [0.25, 0.3) is 5.56 Å². The third-order valence-electron chi connectivity index (χ3n) is 5.49. The number of aromatic nitrogens is 2. The number of carbonyl (C=O) groups excluding carboxylic acids is 1. The van der Waals surface area contributed by atoms with Crippen molar-refractivity contribution in [1.29, 1.82) is 0 Å². The molecule has 1 N–H and O–H groups in total. The van der Waals surface area contributed by atoms with E-state index in [0.29, 0.717) is 24.3 Å². The van der Waals surface area contributed by atoms with Crippen LogP contribution in [0.2, 0.25) is 0 Å². The van der Waals surface area contributed by atoms with Crippen LogP contribution in [0.25, 0.3) is 10.2 Å². The fourth-order valence-corrected chi connectivity index (χ4v) is 4.82. The summed E-state index contributed by atoms with van der Waals surface area (Å²) in [5, 5.41) is 0.673. The Balaban J connectivity index is 1.53. The van der Waals surface area contributed by atoms with Gasteiger partial charge in [-0.05, 0) is 49.9 Å². The number of fused-ring (bicyclic) bond motifs is 1. The van der Waals surface area contributed by atoms with Crippen LogP contribution in [0.5, 0.6) is 0 Å². The number of aromatic amines is 1. The van der Waals surface area contributed by atoms with Gasteiger partial charge in [0, 0.05) is 23.9 Å². The van der Waals surface area contributed by atoms with Crippen LogP contribution < -0.4 is 5.56 Å². The number of nitrogens with zero attached hydrogens (tertiary/aromatic N) is 2. The van der Waals surface area contributed by atoms with E-state index in [9.17, 15) is 14.0 Å². The topological polar surface area (TPSA) is 66.1 Å². The zero-order chi connectivity index (χ0) is 19.8. The number of hydrogen-bond acceptors (Lipinski definition) is 4. The Morgan fingerprint density at radius 1 is 1.32 bits per heavy atom. The van der Waals surface area contributed by atoms with Crippen molar-refractivity contribution in [2.24, 2.45) is 0 Å². The summed E-state index contributed by atoms with van der Waals surface area (Å²) in [5.41, 5.74) is 1.68. The predicted molar refractivity (Wildman–Crippen MR) is 108 cm³/mol. The lowest BCUT2D eigenvalue weighted by Gasteiger charge is -2.32. The van der Waals surface area contributed by atoms with Gasteiger partial charge in [-0.3, -0.25) is 9.59 Å². The quantitative estimate of drug-likeness (QED) is 0.730. The Kier molecular flexibility index (Phi) is 5.02. The van der Waals surface area contributed by atoms with E-state index >= 15 is 0 Å². The maximum atomic E-state index is 13.1. The van der Waals surface area contributed by atoms with Gasteiger partial charge < -0.3 is 9.88 Å². The van der Waals surface area contributed by atoms with Crippen molar-refractivity contribution in [3.05, 3.63) is 62.3 Å². The number of amides is 1. The van der Waals surface area contributed by atoms with Crippen LogP contribution in [0.3, 0.4) is 0 Å². The van der Waals surface area contributed by atoms with E-state index in [2.05, 4.69) is 4.98 Å². The molecule has 28 heavy (non-hydrogen) atoms. The number of likely N-dealkylation sites (tertiary alicyclic amines) is 1. The van der Waals surface area contributed by atoms with Crippen LogP contribution in [-0.4, -0.2) is 33.9 Å². The molecule has 1 fully saturated rings. The molecule has 0 radical (unpaired) electrons. The van der Waals surface area contributed by atoms with Crippen LogP contribution in [-0.2, 0) is 11.2 Å². The lowest BCUT2D eigenvalue weighted by molar-refractivity contribution is -0.131. The molecule has 3 aromatic rings. The van der Waals surface area contributed by atoms with Gasteiger partial charge in [-0.2, -0.15) is 0 Å². The van der Waals surface area contributed by atoms with Crippen molar-refractivity contribution in [1.82, 2.24) is 14.9 Å². The van der Waals surface area contributed by atoms with E-state index in [4.69, 9.17) is 4.98 Å². The minimum Gasteiger partial charge on any atom is -0.342 e. The third-order valence-corrected chi connectivity index (χ3v) is 6.59. The fraction of sp³-hybridized carbons (Fsp3) is 0.381. The van der Waals surface area contributed by atoms with Gasteiger partial charge in [0.1, 0.15) is 16.5 Å². The van der Waals surface area contributed by atoms with Crippen molar-refractivity contribution in [3.8, 4) is 0 Å². The molecule has 1 aliphatic rings. The molecular formula is C21H22FN3O2S. The first-order valence-corrected chi connectivity index (χ1v) is 10.3. The highest BCUT2D eigenvalue weighted by atomic mass is 32.1. The predicted octanol–water partition coefficient (Wildman–Crippen LogP) is 3.69. The van der Waals surface area contributed by atoms with Gasteiger partial charge in [0.05, 0.1) is 11.8 Å². The molecule has 1 atom stereocenters. The summed E-state index contributed by atoms with van der Waals surface area (Å²) in [6.45, 7) is 5.18. The third kappa shape index (κ3) is 3.58. The average molecular weight is 399 g/mol. The summed E-state index contributed by atoms with van der Waals surface area (Å²) in [6.07, 6.45) is 2.00. The van der Waals surface area contributed by atoms with E-state index in [0.717, 1.165) is 33.7 Å². The molecule has 3 heterocycles. The minimum atomic E-state index is -0.307. The van der Waals surface area contributed by atoms with Crippen molar-refractivity contribution < 1.29 is 9.18 Å². The molecule has 0 unspecified atom stereocenters. The number of carbonyl (C=O) groups is 1. The molecule has 146 valence electrons. The van der Waals surface area contributed by atoms with E-state index < -0.39 is 0 Å². The average Bonchev–Trinajstić information content (AvgIpc) is 2.98. The number of rotatable bonds is 3. The van der Waals surface area contributed by atoms with Gasteiger partial charge >= 0.3 is 0 Å². The van der Waals surface area contributed by atoms with Crippen LogP contribution in [0.4, 0.5) is 4.39 Å². The lowest BCUT2D eigenvalue weighted by atomic mass is 9.96. The Morgan fingerprint density at radius 3 is 2.82 bits per heavy atom. The van der Waals surface area contributed by atoms with Gasteiger partial charge in [-0.25, -0.2) is 9.37 Å². The van der Waals surface area contributed by atoms with E-state index in [1.807, 2.05) is 18.7 Å². The van der Waals surface area contributed by atoms with Crippen LogP contribution in [0, 0.1) is 19.7 Å². The molecule has 5 nitrogen and oxygen atoms in total. The summed E-state index contributed by atoms with van der Waals surface area (Å²) in [7, 11) is 0. The number of nitrogens with one attached hydrogen (secondary N) is 1. The van der Waals surface area contributed by atoms with Crippen molar-refractivity contribution in [2.75, 3.05) is 13.1 Å².